The highest BCUT2D eigenvalue weighted by Crippen LogP contribution is 2.62. The van der Waals surface area contributed by atoms with Crippen LogP contribution in [0.1, 0.15) is 0 Å². The maximum atomic E-state index is 13.6. The second-order valence-electron chi connectivity index (χ2n) is 5.79. The number of carbonyl (C=O) groups is 1. The summed E-state index contributed by atoms with van der Waals surface area (Å²) in [5.74, 6) is -53.4. The van der Waals surface area contributed by atoms with E-state index in [1.807, 2.05) is 0 Å². The number of carbonyl (C=O) groups excluding carboxylic acids is 1. The smallest absolute Gasteiger partial charge is 0.422 e. The molecule has 0 N–H and O–H groups in total. The van der Waals surface area contributed by atoms with Gasteiger partial charge in [0.05, 0.1) is 0 Å². The zero-order chi connectivity index (χ0) is 25.8. The highest BCUT2D eigenvalue weighted by atomic mass is 35.5. The van der Waals surface area contributed by atoms with Gasteiger partial charge in [-0.25, -0.2) is 4.79 Å². The molecule has 184 valence electrons. The minimum absolute atomic E-state index is 0.180. The molecule has 1 aromatic carbocycles. The summed E-state index contributed by atoms with van der Waals surface area (Å²) in [4.78, 5) is 11.2. The summed E-state index contributed by atoms with van der Waals surface area (Å²) in [7, 11) is 0. The Morgan fingerprint density at radius 1 is 0.594 bits per heavy atom. The minimum atomic E-state index is -8.48. The molecule has 0 fully saturated rings. The van der Waals surface area contributed by atoms with E-state index in [4.69, 9.17) is 11.6 Å². The lowest BCUT2D eigenvalue weighted by Crippen LogP contribution is -2.73. The zero-order valence-corrected chi connectivity index (χ0v) is 14.9. The van der Waals surface area contributed by atoms with E-state index in [0.717, 1.165) is 12.1 Å². The van der Waals surface area contributed by atoms with Crippen LogP contribution in [0.3, 0.4) is 0 Å². The Morgan fingerprint density at radius 2 is 0.938 bits per heavy atom. The van der Waals surface area contributed by atoms with Crippen molar-refractivity contribution in [3.05, 3.63) is 29.3 Å². The maximum absolute atomic E-state index is 13.6. The molecule has 18 heteroatoms. The molecule has 0 atom stereocenters. The van der Waals surface area contributed by atoms with E-state index in [2.05, 4.69) is 4.74 Å². The predicted molar refractivity (Wildman–Crippen MR) is 72.8 cm³/mol. The summed E-state index contributed by atoms with van der Waals surface area (Å²) in [5.41, 5.74) is 0. The van der Waals surface area contributed by atoms with Crippen LogP contribution in [0.15, 0.2) is 24.3 Å². The average Bonchev–Trinajstić information content (AvgIpc) is 2.61. The summed E-state index contributed by atoms with van der Waals surface area (Å²) in [6.45, 7) is 0. The third-order valence-corrected chi connectivity index (χ3v) is 3.86. The number of hydrogen-bond acceptors (Lipinski definition) is 2. The summed E-state index contributed by atoms with van der Waals surface area (Å²) in [6, 6.07) is 2.48. The van der Waals surface area contributed by atoms with Crippen molar-refractivity contribution in [3.63, 3.8) is 0 Å². The van der Waals surface area contributed by atoms with Crippen molar-refractivity contribution in [1.29, 1.82) is 0 Å². The van der Waals surface area contributed by atoms with Crippen LogP contribution in [0.2, 0.25) is 5.02 Å². The number of ether oxygens (including phenoxy) is 1. The quantitative estimate of drug-likeness (QED) is 0.228. The van der Waals surface area contributed by atoms with Crippen LogP contribution < -0.4 is 4.74 Å². The van der Waals surface area contributed by atoms with E-state index in [-0.39, 0.29) is 5.02 Å². The monoisotopic (exact) mass is 524 g/mol. The van der Waals surface area contributed by atoms with Crippen LogP contribution in [0.4, 0.5) is 65.9 Å². The average molecular weight is 525 g/mol. The van der Waals surface area contributed by atoms with Gasteiger partial charge in [0.2, 0.25) is 0 Å². The van der Waals surface area contributed by atoms with Crippen molar-refractivity contribution >= 4 is 17.6 Å². The molecule has 0 aliphatic heterocycles. The molecule has 0 heterocycles. The zero-order valence-electron chi connectivity index (χ0n) is 14.2. The van der Waals surface area contributed by atoms with Crippen molar-refractivity contribution in [2.75, 3.05) is 0 Å². The topological polar surface area (TPSA) is 26.3 Å². The predicted octanol–water partition coefficient (Wildman–Crippen LogP) is 6.62. The first-order valence-corrected chi connectivity index (χ1v) is 7.59. The number of halogens is 16. The van der Waals surface area contributed by atoms with Gasteiger partial charge in [-0.15, -0.1) is 0 Å². The molecular formula is C14H4ClF15O2. The molecule has 0 saturated carbocycles. The van der Waals surface area contributed by atoms with Crippen molar-refractivity contribution < 1.29 is 75.4 Å². The van der Waals surface area contributed by atoms with Gasteiger partial charge in [0.25, 0.3) is 0 Å². The number of esters is 1. The Balaban J connectivity index is 3.47. The number of benzene rings is 1. The van der Waals surface area contributed by atoms with Gasteiger partial charge < -0.3 is 4.74 Å². The first-order valence-electron chi connectivity index (χ1n) is 7.21. The number of alkyl halides is 15. The molecule has 2 nitrogen and oxygen atoms in total. The van der Waals surface area contributed by atoms with Crippen LogP contribution in [0, 0.1) is 0 Å². The largest absolute Gasteiger partial charge is 0.460 e. The van der Waals surface area contributed by atoms with Gasteiger partial charge in [0, 0.05) is 5.02 Å². The van der Waals surface area contributed by atoms with Crippen LogP contribution >= 0.6 is 11.6 Å². The van der Waals surface area contributed by atoms with Gasteiger partial charge in [0.1, 0.15) is 5.75 Å². The minimum Gasteiger partial charge on any atom is -0.422 e. The normalized spacial score (nSPS) is 15.0. The second kappa shape index (κ2) is 7.76. The lowest BCUT2D eigenvalue weighted by Gasteiger charge is -2.40. The fraction of sp³-hybridized carbons (Fsp3) is 0.500. The van der Waals surface area contributed by atoms with Gasteiger partial charge >= 0.3 is 47.7 Å². The molecule has 0 aliphatic rings. The molecule has 0 unspecified atom stereocenters. The lowest BCUT2D eigenvalue weighted by molar-refractivity contribution is -0.450. The summed E-state index contributed by atoms with van der Waals surface area (Å²) in [5, 5.41) is -0.180. The molecule has 0 spiro atoms. The Morgan fingerprint density at radius 3 is 1.31 bits per heavy atom. The fourth-order valence-electron chi connectivity index (χ4n) is 1.77. The first kappa shape index (κ1) is 28.0. The van der Waals surface area contributed by atoms with Crippen molar-refractivity contribution in [2.24, 2.45) is 0 Å². The highest BCUT2D eigenvalue weighted by molar-refractivity contribution is 6.30. The molecule has 0 bridgehead atoms. The molecule has 0 saturated heterocycles. The van der Waals surface area contributed by atoms with Crippen molar-refractivity contribution in [2.45, 2.75) is 41.7 Å². The summed E-state index contributed by atoms with van der Waals surface area (Å²) >= 11 is 5.33. The SMILES string of the molecule is O=C(Oc1ccc(Cl)cc1)C(F)(F)C(F)(F)C(F)(F)C(F)(F)C(F)(F)C(F)(F)C(F)(F)F. The summed E-state index contributed by atoms with van der Waals surface area (Å²) < 4.78 is 199. The third kappa shape index (κ3) is 3.91. The third-order valence-electron chi connectivity index (χ3n) is 3.61. The Labute approximate surface area is 170 Å². The number of hydrogen-bond donors (Lipinski definition) is 0. The first-order chi connectivity index (χ1) is 13.9. The maximum Gasteiger partial charge on any atom is 0.460 e. The van der Waals surface area contributed by atoms with Gasteiger partial charge in [-0.1, -0.05) is 11.6 Å². The molecule has 32 heavy (non-hydrogen) atoms. The lowest BCUT2D eigenvalue weighted by atomic mass is 9.91. The Hall–Kier alpha value is -2.07. The van der Waals surface area contributed by atoms with Crippen molar-refractivity contribution in [3.8, 4) is 5.75 Å². The van der Waals surface area contributed by atoms with Gasteiger partial charge in [-0.3, -0.25) is 0 Å². The molecule has 0 aliphatic carbocycles. The van der Waals surface area contributed by atoms with E-state index in [0.29, 0.717) is 12.1 Å². The van der Waals surface area contributed by atoms with E-state index in [1.165, 1.54) is 0 Å². The van der Waals surface area contributed by atoms with Crippen LogP contribution in [0.5, 0.6) is 5.75 Å². The van der Waals surface area contributed by atoms with Crippen LogP contribution in [-0.2, 0) is 4.79 Å². The van der Waals surface area contributed by atoms with Crippen molar-refractivity contribution in [1.82, 2.24) is 0 Å². The van der Waals surface area contributed by atoms with Gasteiger partial charge in [0.15, 0.2) is 0 Å². The molecule has 0 amide bonds. The van der Waals surface area contributed by atoms with Gasteiger partial charge in [-0.2, -0.15) is 65.9 Å². The van der Waals surface area contributed by atoms with E-state index < -0.39 is 53.4 Å². The summed E-state index contributed by atoms with van der Waals surface area (Å²) in [6.07, 6.45) is -7.71. The van der Waals surface area contributed by atoms with Crippen LogP contribution in [0.25, 0.3) is 0 Å². The van der Waals surface area contributed by atoms with E-state index in [1.54, 1.807) is 0 Å². The van der Waals surface area contributed by atoms with E-state index in [9.17, 15) is 70.7 Å². The number of rotatable bonds is 7. The second-order valence-corrected chi connectivity index (χ2v) is 6.22. The molecule has 1 rings (SSSR count). The Bertz CT molecular complexity index is 845. The van der Waals surface area contributed by atoms with E-state index >= 15 is 0 Å². The Kier molecular flexibility index (Phi) is 6.78. The fourth-order valence-corrected chi connectivity index (χ4v) is 1.89. The van der Waals surface area contributed by atoms with Gasteiger partial charge in [-0.05, 0) is 24.3 Å². The molecular weight excluding hydrogens is 521 g/mol. The molecule has 1 aromatic rings. The highest BCUT2D eigenvalue weighted by Gasteiger charge is 2.94. The molecule has 0 aromatic heterocycles. The molecule has 0 radical (unpaired) electrons. The van der Waals surface area contributed by atoms with Crippen LogP contribution in [-0.4, -0.2) is 47.7 Å². The standard InChI is InChI=1S/C14H4ClF15O2/c15-5-1-3-6(4-2-5)32-7(31)8(16,17)9(18,19)10(20,21)11(22,23)12(24,25)13(26,27)14(28,29)30/h1-4H.